The average Bonchev–Trinajstić information content (AvgIpc) is 2.04. The molecule has 0 radical (unpaired) electrons. The van der Waals surface area contributed by atoms with Gasteiger partial charge in [0.05, 0.1) is 0 Å². The first-order valence-electron chi connectivity index (χ1n) is 4.05. The maximum atomic E-state index is 4.40. The third-order valence-electron chi connectivity index (χ3n) is 2.06. The highest BCUT2D eigenvalue weighted by Gasteiger charge is 2.00. The van der Waals surface area contributed by atoms with Crippen LogP contribution in [0.15, 0.2) is 34.7 Å². The third-order valence-corrected chi connectivity index (χ3v) is 2.45. The average molecular weight is 178 g/mol. The molecule has 0 saturated carbocycles. The molecular weight excluding hydrogens is 164 g/mol. The molecule has 0 amide bonds. The molecule has 1 rings (SSSR count). The molecule has 64 valence electrons. The highest BCUT2D eigenvalue weighted by atomic mass is 32.1. The van der Waals surface area contributed by atoms with Gasteiger partial charge in [0.1, 0.15) is 0 Å². The van der Waals surface area contributed by atoms with E-state index in [-0.39, 0.29) is 0 Å². The minimum Gasteiger partial charge on any atom is -0.143 e. The molecule has 0 spiro atoms. The summed E-state index contributed by atoms with van der Waals surface area (Å²) < 4.78 is 0. The van der Waals surface area contributed by atoms with E-state index in [1.165, 1.54) is 16.7 Å². The van der Waals surface area contributed by atoms with Crippen LogP contribution >= 0.6 is 12.6 Å². The molecule has 0 saturated heterocycles. The molecule has 0 atom stereocenters. The summed E-state index contributed by atoms with van der Waals surface area (Å²) in [5, 5.41) is 0. The van der Waals surface area contributed by atoms with Gasteiger partial charge in [-0.25, -0.2) is 0 Å². The highest BCUT2D eigenvalue weighted by molar-refractivity contribution is 7.80. The Morgan fingerprint density at radius 3 is 2.17 bits per heavy atom. The molecule has 0 unspecified atom stereocenters. The third kappa shape index (κ3) is 1.92. The fourth-order valence-electron chi connectivity index (χ4n) is 1.06. The molecule has 0 heterocycles. The molecule has 12 heavy (non-hydrogen) atoms. The van der Waals surface area contributed by atoms with E-state index in [9.17, 15) is 0 Å². The van der Waals surface area contributed by atoms with Crippen LogP contribution in [-0.2, 0) is 0 Å². The lowest BCUT2D eigenvalue weighted by Crippen LogP contribution is -1.83. The van der Waals surface area contributed by atoms with Crippen molar-refractivity contribution in [3.8, 4) is 0 Å². The number of benzene rings is 1. The lowest BCUT2D eigenvalue weighted by atomic mass is 10.0. The van der Waals surface area contributed by atoms with Crippen LogP contribution in [0.1, 0.15) is 26.3 Å². The second-order valence-corrected chi connectivity index (χ2v) is 3.62. The zero-order chi connectivity index (χ0) is 9.14. The maximum absolute atomic E-state index is 4.40. The van der Waals surface area contributed by atoms with E-state index >= 15 is 0 Å². The lowest BCUT2D eigenvalue weighted by Gasteiger charge is -2.06. The van der Waals surface area contributed by atoms with E-state index in [1.54, 1.807) is 0 Å². The fraction of sp³-hybridized carbons (Fsp3) is 0.273. The minimum atomic E-state index is 1.05. The van der Waals surface area contributed by atoms with Crippen LogP contribution in [0, 0.1) is 0 Å². The summed E-state index contributed by atoms with van der Waals surface area (Å²) in [4.78, 5) is 1.05. The zero-order valence-electron chi connectivity index (χ0n) is 7.76. The van der Waals surface area contributed by atoms with Crippen LogP contribution in [0.4, 0.5) is 0 Å². The van der Waals surface area contributed by atoms with Crippen molar-refractivity contribution in [3.63, 3.8) is 0 Å². The van der Waals surface area contributed by atoms with Crippen LogP contribution < -0.4 is 0 Å². The predicted octanol–water partition coefficient (Wildman–Crippen LogP) is 3.79. The van der Waals surface area contributed by atoms with Crippen molar-refractivity contribution < 1.29 is 0 Å². The standard InChI is InChI=1S/C11H14S/c1-8(2)9(3)10-6-4-5-7-11(10)12/h4-7,12H,1-3H3. The van der Waals surface area contributed by atoms with Crippen LogP contribution in [0.3, 0.4) is 0 Å². The van der Waals surface area contributed by atoms with E-state index in [0.717, 1.165) is 4.90 Å². The van der Waals surface area contributed by atoms with E-state index in [1.807, 2.05) is 18.2 Å². The van der Waals surface area contributed by atoms with Crippen LogP contribution in [0.2, 0.25) is 0 Å². The smallest absolute Gasteiger partial charge is 0.0115 e. The second-order valence-electron chi connectivity index (χ2n) is 3.14. The van der Waals surface area contributed by atoms with Crippen LogP contribution in [-0.4, -0.2) is 0 Å². The Labute approximate surface area is 79.7 Å². The molecule has 1 heteroatoms. The van der Waals surface area contributed by atoms with Crippen molar-refractivity contribution in [2.75, 3.05) is 0 Å². The maximum Gasteiger partial charge on any atom is 0.0115 e. The summed E-state index contributed by atoms with van der Waals surface area (Å²) >= 11 is 4.40. The van der Waals surface area contributed by atoms with Crippen molar-refractivity contribution >= 4 is 18.2 Å². The largest absolute Gasteiger partial charge is 0.143 e. The van der Waals surface area contributed by atoms with Crippen molar-refractivity contribution in [2.24, 2.45) is 0 Å². The molecule has 0 aliphatic heterocycles. The number of hydrogen-bond acceptors (Lipinski definition) is 1. The van der Waals surface area contributed by atoms with Gasteiger partial charge in [0.2, 0.25) is 0 Å². The second kappa shape index (κ2) is 3.81. The fourth-order valence-corrected chi connectivity index (χ4v) is 1.39. The first kappa shape index (κ1) is 9.40. The SMILES string of the molecule is CC(C)=C(C)c1ccccc1S. The topological polar surface area (TPSA) is 0 Å². The molecule has 0 aromatic heterocycles. The van der Waals surface area contributed by atoms with Crippen molar-refractivity contribution in [3.05, 3.63) is 35.4 Å². The lowest BCUT2D eigenvalue weighted by molar-refractivity contribution is 1.32. The summed E-state index contributed by atoms with van der Waals surface area (Å²) in [6.07, 6.45) is 0. The highest BCUT2D eigenvalue weighted by Crippen LogP contribution is 2.23. The summed E-state index contributed by atoms with van der Waals surface area (Å²) in [5.74, 6) is 0. The molecule has 0 fully saturated rings. The van der Waals surface area contributed by atoms with E-state index in [2.05, 4.69) is 39.5 Å². The van der Waals surface area contributed by atoms with Gasteiger partial charge in [0.15, 0.2) is 0 Å². The summed E-state index contributed by atoms with van der Waals surface area (Å²) in [6.45, 7) is 6.37. The number of thiol groups is 1. The number of rotatable bonds is 1. The molecule has 1 aromatic rings. The Hall–Kier alpha value is -0.690. The van der Waals surface area contributed by atoms with Gasteiger partial charge in [-0.05, 0) is 38.0 Å². The van der Waals surface area contributed by atoms with Gasteiger partial charge in [0.25, 0.3) is 0 Å². The van der Waals surface area contributed by atoms with Gasteiger partial charge in [-0.15, -0.1) is 12.6 Å². The van der Waals surface area contributed by atoms with Crippen molar-refractivity contribution in [1.29, 1.82) is 0 Å². The van der Waals surface area contributed by atoms with Gasteiger partial charge in [-0.1, -0.05) is 23.8 Å². The quantitative estimate of drug-likeness (QED) is 0.621. The summed E-state index contributed by atoms with van der Waals surface area (Å²) in [5.41, 5.74) is 3.90. The van der Waals surface area contributed by atoms with Gasteiger partial charge in [0, 0.05) is 4.90 Å². The predicted molar refractivity (Wildman–Crippen MR) is 57.6 cm³/mol. The Balaban J connectivity index is 3.21. The molecule has 0 aliphatic carbocycles. The molecule has 1 aromatic carbocycles. The van der Waals surface area contributed by atoms with Gasteiger partial charge < -0.3 is 0 Å². The molecule has 0 N–H and O–H groups in total. The number of hydrogen-bond donors (Lipinski definition) is 1. The van der Waals surface area contributed by atoms with Gasteiger partial charge in [-0.3, -0.25) is 0 Å². The normalized spacial score (nSPS) is 9.67. The van der Waals surface area contributed by atoms with E-state index in [4.69, 9.17) is 0 Å². The first-order valence-corrected chi connectivity index (χ1v) is 4.50. The van der Waals surface area contributed by atoms with Crippen LogP contribution in [0.5, 0.6) is 0 Å². The van der Waals surface area contributed by atoms with Gasteiger partial charge >= 0.3 is 0 Å². The van der Waals surface area contributed by atoms with Gasteiger partial charge in [-0.2, -0.15) is 0 Å². The minimum absolute atomic E-state index is 1.05. The molecule has 0 aliphatic rings. The number of allylic oxidation sites excluding steroid dienone is 2. The summed E-state index contributed by atoms with van der Waals surface area (Å²) in [7, 11) is 0. The Kier molecular flexibility index (Phi) is 2.99. The van der Waals surface area contributed by atoms with Crippen molar-refractivity contribution in [1.82, 2.24) is 0 Å². The zero-order valence-corrected chi connectivity index (χ0v) is 8.65. The molecule has 0 nitrogen and oxygen atoms in total. The molecular formula is C11H14S. The van der Waals surface area contributed by atoms with Crippen molar-refractivity contribution in [2.45, 2.75) is 25.7 Å². The Bertz CT molecular complexity index is 307. The Morgan fingerprint density at radius 1 is 1.08 bits per heavy atom. The van der Waals surface area contributed by atoms with E-state index < -0.39 is 0 Å². The first-order chi connectivity index (χ1) is 5.63. The molecule has 0 bridgehead atoms. The van der Waals surface area contributed by atoms with Crippen LogP contribution in [0.25, 0.3) is 5.57 Å². The van der Waals surface area contributed by atoms with E-state index in [0.29, 0.717) is 0 Å². The summed E-state index contributed by atoms with van der Waals surface area (Å²) in [6, 6.07) is 8.17. The monoisotopic (exact) mass is 178 g/mol. The Morgan fingerprint density at radius 2 is 1.67 bits per heavy atom.